The van der Waals surface area contributed by atoms with Gasteiger partial charge >= 0.3 is 5.69 Å². The lowest BCUT2D eigenvalue weighted by Gasteiger charge is -2.23. The van der Waals surface area contributed by atoms with E-state index in [1.165, 1.54) is 6.42 Å². The van der Waals surface area contributed by atoms with Crippen molar-refractivity contribution >= 4 is 11.5 Å². The van der Waals surface area contributed by atoms with Gasteiger partial charge in [-0.2, -0.15) is 4.98 Å². The summed E-state index contributed by atoms with van der Waals surface area (Å²) in [6.45, 7) is 4.29. The maximum absolute atomic E-state index is 11.5. The van der Waals surface area contributed by atoms with E-state index < -0.39 is 4.92 Å². The third-order valence-electron chi connectivity index (χ3n) is 3.79. The molecule has 0 amide bonds. The van der Waals surface area contributed by atoms with Crippen molar-refractivity contribution < 1.29 is 9.66 Å². The topological polar surface area (TPSA) is 90.2 Å². The molecule has 1 aliphatic carbocycles. The molecule has 7 nitrogen and oxygen atoms in total. The van der Waals surface area contributed by atoms with Crippen molar-refractivity contribution in [2.45, 2.75) is 64.8 Å². The lowest BCUT2D eigenvalue weighted by Crippen LogP contribution is -2.24. The highest BCUT2D eigenvalue weighted by molar-refractivity contribution is 5.62. The van der Waals surface area contributed by atoms with Crippen molar-refractivity contribution in [3.05, 3.63) is 15.9 Å². The van der Waals surface area contributed by atoms with E-state index in [1.54, 1.807) is 0 Å². The molecular weight excluding hydrogens is 284 g/mol. The van der Waals surface area contributed by atoms with E-state index in [9.17, 15) is 10.1 Å². The molecule has 1 N–H and O–H groups in total. The summed E-state index contributed by atoms with van der Waals surface area (Å²) in [7, 11) is 0. The third kappa shape index (κ3) is 4.05. The highest BCUT2D eigenvalue weighted by atomic mass is 16.6. The lowest BCUT2D eigenvalue weighted by molar-refractivity contribution is -0.385. The number of ether oxygens (including phenoxy) is 1. The van der Waals surface area contributed by atoms with Crippen molar-refractivity contribution in [1.29, 1.82) is 0 Å². The van der Waals surface area contributed by atoms with Gasteiger partial charge in [0.2, 0.25) is 5.82 Å². The fraction of sp³-hybridized carbons (Fsp3) is 0.733. The van der Waals surface area contributed by atoms with Crippen LogP contribution < -0.4 is 10.1 Å². The van der Waals surface area contributed by atoms with E-state index in [2.05, 4.69) is 15.3 Å². The number of aryl methyl sites for hydroxylation is 1. The first-order chi connectivity index (χ1) is 10.7. The van der Waals surface area contributed by atoms with Crippen LogP contribution in [0.15, 0.2) is 0 Å². The van der Waals surface area contributed by atoms with Gasteiger partial charge in [0.1, 0.15) is 5.82 Å². The van der Waals surface area contributed by atoms with Gasteiger partial charge < -0.3 is 10.1 Å². The van der Waals surface area contributed by atoms with Crippen LogP contribution in [0.5, 0.6) is 5.88 Å². The zero-order chi connectivity index (χ0) is 15.9. The molecule has 1 aromatic heterocycles. The Morgan fingerprint density at radius 3 is 2.59 bits per heavy atom. The zero-order valence-electron chi connectivity index (χ0n) is 13.3. The SMILES string of the molecule is CCCOc1nc(CC)nc(NC2CCCCC2)c1[N+](=O)[O-]. The number of aromatic nitrogens is 2. The number of hydrogen-bond donors (Lipinski definition) is 1. The van der Waals surface area contributed by atoms with E-state index in [0.717, 1.165) is 32.1 Å². The molecule has 0 spiro atoms. The number of anilines is 1. The van der Waals surface area contributed by atoms with E-state index in [1.807, 2.05) is 13.8 Å². The summed E-state index contributed by atoms with van der Waals surface area (Å²) in [4.78, 5) is 19.5. The Hall–Kier alpha value is -1.92. The summed E-state index contributed by atoms with van der Waals surface area (Å²) in [6, 6.07) is 0.242. The number of nitrogens with one attached hydrogen (secondary N) is 1. The molecule has 22 heavy (non-hydrogen) atoms. The monoisotopic (exact) mass is 308 g/mol. The summed E-state index contributed by atoms with van der Waals surface area (Å²) in [5, 5.41) is 14.7. The second-order valence-electron chi connectivity index (χ2n) is 5.58. The molecule has 1 aliphatic rings. The lowest BCUT2D eigenvalue weighted by atomic mass is 9.95. The van der Waals surface area contributed by atoms with Gasteiger partial charge in [-0.25, -0.2) is 4.98 Å². The van der Waals surface area contributed by atoms with Crippen molar-refractivity contribution in [3.8, 4) is 5.88 Å². The fourth-order valence-corrected chi connectivity index (χ4v) is 2.64. The molecule has 2 rings (SSSR count). The first kappa shape index (κ1) is 16.5. The van der Waals surface area contributed by atoms with Crippen LogP contribution in [0.3, 0.4) is 0 Å². The summed E-state index contributed by atoms with van der Waals surface area (Å²) >= 11 is 0. The first-order valence-electron chi connectivity index (χ1n) is 8.10. The molecule has 0 saturated heterocycles. The van der Waals surface area contributed by atoms with Crippen LogP contribution in [0.2, 0.25) is 0 Å². The Kier molecular flexibility index (Phi) is 5.91. The second-order valence-corrected chi connectivity index (χ2v) is 5.58. The van der Waals surface area contributed by atoms with Crippen molar-refractivity contribution in [1.82, 2.24) is 9.97 Å². The molecule has 1 heterocycles. The molecule has 1 fully saturated rings. The number of nitro groups is 1. The maximum Gasteiger partial charge on any atom is 0.372 e. The number of nitrogens with zero attached hydrogens (tertiary/aromatic N) is 3. The van der Waals surface area contributed by atoms with E-state index >= 15 is 0 Å². The maximum atomic E-state index is 11.5. The van der Waals surface area contributed by atoms with Crippen LogP contribution >= 0.6 is 0 Å². The van der Waals surface area contributed by atoms with E-state index in [4.69, 9.17) is 4.74 Å². The average molecular weight is 308 g/mol. The molecule has 0 radical (unpaired) electrons. The minimum Gasteiger partial charge on any atom is -0.473 e. The highest BCUT2D eigenvalue weighted by Gasteiger charge is 2.28. The van der Waals surface area contributed by atoms with Crippen molar-refractivity contribution in [3.63, 3.8) is 0 Å². The molecule has 0 aliphatic heterocycles. The summed E-state index contributed by atoms with van der Waals surface area (Å²) in [5.74, 6) is 0.946. The highest BCUT2D eigenvalue weighted by Crippen LogP contribution is 2.34. The van der Waals surface area contributed by atoms with Gasteiger partial charge in [-0.05, 0) is 19.3 Å². The van der Waals surface area contributed by atoms with E-state index in [0.29, 0.717) is 24.7 Å². The van der Waals surface area contributed by atoms with Crippen molar-refractivity contribution in [2.75, 3.05) is 11.9 Å². The summed E-state index contributed by atoms with van der Waals surface area (Å²) in [6.07, 6.45) is 6.96. The predicted molar refractivity (Wildman–Crippen MR) is 84.3 cm³/mol. The summed E-state index contributed by atoms with van der Waals surface area (Å²) in [5.41, 5.74) is -0.142. The Bertz CT molecular complexity index is 516. The Morgan fingerprint density at radius 1 is 1.27 bits per heavy atom. The van der Waals surface area contributed by atoms with Crippen molar-refractivity contribution in [2.24, 2.45) is 0 Å². The van der Waals surface area contributed by atoms with E-state index in [-0.39, 0.29) is 17.6 Å². The zero-order valence-corrected chi connectivity index (χ0v) is 13.3. The molecule has 122 valence electrons. The van der Waals surface area contributed by atoms with Gasteiger partial charge in [0.15, 0.2) is 0 Å². The minimum atomic E-state index is -0.449. The predicted octanol–water partition coefficient (Wildman–Crippen LogP) is 3.48. The minimum absolute atomic E-state index is 0.0806. The molecular formula is C15H24N4O3. The van der Waals surface area contributed by atoms with Gasteiger partial charge in [-0.1, -0.05) is 33.1 Å². The summed E-state index contributed by atoms with van der Waals surface area (Å²) < 4.78 is 5.49. The Labute approximate surface area is 130 Å². The number of hydrogen-bond acceptors (Lipinski definition) is 6. The fourth-order valence-electron chi connectivity index (χ4n) is 2.64. The van der Waals surface area contributed by atoms with Crippen LogP contribution in [0.25, 0.3) is 0 Å². The van der Waals surface area contributed by atoms with Gasteiger partial charge in [0, 0.05) is 12.5 Å². The smallest absolute Gasteiger partial charge is 0.372 e. The number of rotatable bonds is 7. The molecule has 0 aromatic carbocycles. The Morgan fingerprint density at radius 2 is 2.00 bits per heavy atom. The van der Waals surface area contributed by atoms with Crippen LogP contribution in [0.1, 0.15) is 58.2 Å². The van der Waals surface area contributed by atoms with Gasteiger partial charge in [0.05, 0.1) is 11.5 Å². The van der Waals surface area contributed by atoms with Gasteiger partial charge in [0.25, 0.3) is 5.88 Å². The van der Waals surface area contributed by atoms with Crippen LogP contribution in [0, 0.1) is 10.1 Å². The third-order valence-corrected chi connectivity index (χ3v) is 3.79. The van der Waals surface area contributed by atoms with Gasteiger partial charge in [-0.3, -0.25) is 10.1 Å². The molecule has 1 saturated carbocycles. The largest absolute Gasteiger partial charge is 0.473 e. The standard InChI is InChI=1S/C15H24N4O3/c1-3-10-22-15-13(19(20)21)14(17-12(4-2)18-15)16-11-8-6-5-7-9-11/h11H,3-10H2,1-2H3,(H,16,17,18). The van der Waals surface area contributed by atoms with Crippen LogP contribution in [-0.2, 0) is 6.42 Å². The molecule has 7 heteroatoms. The second kappa shape index (κ2) is 7.91. The molecule has 0 atom stereocenters. The Balaban J connectivity index is 2.32. The molecule has 1 aromatic rings. The quantitative estimate of drug-likeness (QED) is 0.612. The average Bonchev–Trinajstić information content (AvgIpc) is 2.53. The molecule has 0 unspecified atom stereocenters. The van der Waals surface area contributed by atoms with Gasteiger partial charge in [-0.15, -0.1) is 0 Å². The molecule has 0 bridgehead atoms. The normalized spacial score (nSPS) is 15.5. The van der Waals surface area contributed by atoms with Crippen LogP contribution in [0.4, 0.5) is 11.5 Å². The van der Waals surface area contributed by atoms with Crippen LogP contribution in [-0.4, -0.2) is 27.5 Å². The first-order valence-corrected chi connectivity index (χ1v) is 8.10.